The molecule has 0 aliphatic heterocycles. The summed E-state index contributed by atoms with van der Waals surface area (Å²) in [5, 5.41) is 0. The summed E-state index contributed by atoms with van der Waals surface area (Å²) in [6.07, 6.45) is 6.62. The molecule has 1 aliphatic rings. The Bertz CT molecular complexity index is 407. The quantitative estimate of drug-likeness (QED) is 0.833. The third-order valence-electron chi connectivity index (χ3n) is 4.03. The van der Waals surface area contributed by atoms with Crippen molar-refractivity contribution >= 4 is 5.91 Å². The molecule has 0 bridgehead atoms. The molecule has 1 amide bonds. The van der Waals surface area contributed by atoms with E-state index in [0.717, 1.165) is 24.2 Å². The molecule has 0 N–H and O–H groups in total. The SMILES string of the molecule is COc1ccc(CC(=O)N(C)C2CCCCC2)cc1. The molecular formula is C16H23NO2. The van der Waals surface area contributed by atoms with Crippen LogP contribution in [0.4, 0.5) is 0 Å². The molecule has 3 heteroatoms. The maximum atomic E-state index is 12.3. The Labute approximate surface area is 115 Å². The number of methoxy groups -OCH3 is 1. The number of carbonyl (C=O) groups excluding carboxylic acids is 1. The Morgan fingerprint density at radius 3 is 2.42 bits per heavy atom. The number of hydrogen-bond donors (Lipinski definition) is 0. The molecule has 19 heavy (non-hydrogen) atoms. The molecule has 1 aliphatic carbocycles. The lowest BCUT2D eigenvalue weighted by Gasteiger charge is -2.31. The first-order valence-electron chi connectivity index (χ1n) is 7.09. The zero-order valence-corrected chi connectivity index (χ0v) is 11.9. The van der Waals surface area contributed by atoms with Crippen LogP contribution in [0.1, 0.15) is 37.7 Å². The minimum absolute atomic E-state index is 0.220. The molecular weight excluding hydrogens is 238 g/mol. The molecule has 0 radical (unpaired) electrons. The largest absolute Gasteiger partial charge is 0.497 e. The number of likely N-dealkylation sites (N-methyl/N-ethyl adjacent to an activating group) is 1. The summed E-state index contributed by atoms with van der Waals surface area (Å²) in [7, 11) is 3.60. The molecule has 0 spiro atoms. The predicted molar refractivity (Wildman–Crippen MR) is 76.3 cm³/mol. The summed E-state index contributed by atoms with van der Waals surface area (Å²) in [5.41, 5.74) is 1.05. The molecule has 0 atom stereocenters. The van der Waals surface area contributed by atoms with Crippen LogP contribution in [0.15, 0.2) is 24.3 Å². The van der Waals surface area contributed by atoms with Gasteiger partial charge in [0.1, 0.15) is 5.75 Å². The van der Waals surface area contributed by atoms with E-state index in [1.165, 1.54) is 19.3 Å². The molecule has 104 valence electrons. The maximum absolute atomic E-state index is 12.3. The van der Waals surface area contributed by atoms with E-state index in [1.807, 2.05) is 36.2 Å². The van der Waals surface area contributed by atoms with Crippen LogP contribution in [0.3, 0.4) is 0 Å². The first-order chi connectivity index (χ1) is 9.20. The Morgan fingerprint density at radius 1 is 1.21 bits per heavy atom. The highest BCUT2D eigenvalue weighted by atomic mass is 16.5. The normalized spacial score (nSPS) is 16.1. The number of benzene rings is 1. The van der Waals surface area contributed by atoms with Crippen LogP contribution < -0.4 is 4.74 Å². The van der Waals surface area contributed by atoms with Crippen molar-refractivity contribution in [1.82, 2.24) is 4.90 Å². The van der Waals surface area contributed by atoms with Crippen molar-refractivity contribution in [3.8, 4) is 5.75 Å². The summed E-state index contributed by atoms with van der Waals surface area (Å²) in [6.45, 7) is 0. The van der Waals surface area contributed by atoms with Crippen LogP contribution in [0.25, 0.3) is 0 Å². The van der Waals surface area contributed by atoms with E-state index in [9.17, 15) is 4.79 Å². The van der Waals surface area contributed by atoms with Crippen LogP contribution in [0.5, 0.6) is 5.75 Å². The first-order valence-corrected chi connectivity index (χ1v) is 7.09. The maximum Gasteiger partial charge on any atom is 0.226 e. The minimum atomic E-state index is 0.220. The number of nitrogens with zero attached hydrogens (tertiary/aromatic N) is 1. The molecule has 1 aromatic carbocycles. The molecule has 0 heterocycles. The third-order valence-corrected chi connectivity index (χ3v) is 4.03. The van der Waals surface area contributed by atoms with Crippen LogP contribution in [-0.4, -0.2) is 31.0 Å². The number of amides is 1. The van der Waals surface area contributed by atoms with Gasteiger partial charge in [0.25, 0.3) is 0 Å². The summed E-state index contributed by atoms with van der Waals surface area (Å²) in [4.78, 5) is 14.2. The Morgan fingerprint density at radius 2 is 1.84 bits per heavy atom. The molecule has 0 unspecified atom stereocenters. The highest BCUT2D eigenvalue weighted by molar-refractivity contribution is 5.78. The summed E-state index contributed by atoms with van der Waals surface area (Å²) >= 11 is 0. The van der Waals surface area contributed by atoms with E-state index in [2.05, 4.69) is 0 Å². The van der Waals surface area contributed by atoms with Gasteiger partial charge in [0.2, 0.25) is 5.91 Å². The van der Waals surface area contributed by atoms with Crippen molar-refractivity contribution in [2.24, 2.45) is 0 Å². The zero-order valence-electron chi connectivity index (χ0n) is 11.9. The third kappa shape index (κ3) is 3.72. The van der Waals surface area contributed by atoms with Gasteiger partial charge >= 0.3 is 0 Å². The molecule has 1 aromatic rings. The van der Waals surface area contributed by atoms with Gasteiger partial charge in [-0.25, -0.2) is 0 Å². The lowest BCUT2D eigenvalue weighted by Crippen LogP contribution is -2.39. The van der Waals surface area contributed by atoms with Gasteiger partial charge in [-0.3, -0.25) is 4.79 Å². The second-order valence-corrected chi connectivity index (χ2v) is 5.32. The predicted octanol–water partition coefficient (Wildman–Crippen LogP) is 3.03. The monoisotopic (exact) mass is 261 g/mol. The molecule has 0 aromatic heterocycles. The molecule has 1 fully saturated rings. The first kappa shape index (κ1) is 13.9. The number of ether oxygens (including phenoxy) is 1. The van der Waals surface area contributed by atoms with E-state index in [1.54, 1.807) is 7.11 Å². The number of hydrogen-bond acceptors (Lipinski definition) is 2. The van der Waals surface area contributed by atoms with Gasteiger partial charge in [-0.15, -0.1) is 0 Å². The van der Waals surface area contributed by atoms with Gasteiger partial charge in [-0.1, -0.05) is 31.4 Å². The fraction of sp³-hybridized carbons (Fsp3) is 0.562. The van der Waals surface area contributed by atoms with Gasteiger partial charge in [-0.2, -0.15) is 0 Å². The second-order valence-electron chi connectivity index (χ2n) is 5.32. The summed E-state index contributed by atoms with van der Waals surface area (Å²) in [5.74, 6) is 1.05. The molecule has 0 saturated heterocycles. The molecule has 1 saturated carbocycles. The van der Waals surface area contributed by atoms with Crippen molar-refractivity contribution in [3.63, 3.8) is 0 Å². The standard InChI is InChI=1S/C16H23NO2/c1-17(14-6-4-3-5-7-14)16(18)12-13-8-10-15(19-2)11-9-13/h8-11,14H,3-7,12H2,1-2H3. The summed E-state index contributed by atoms with van der Waals surface area (Å²) < 4.78 is 5.12. The van der Waals surface area contributed by atoms with Crippen LogP contribution >= 0.6 is 0 Å². The minimum Gasteiger partial charge on any atom is -0.497 e. The van der Waals surface area contributed by atoms with Gasteiger partial charge in [-0.05, 0) is 30.5 Å². The average Bonchev–Trinajstić information content (AvgIpc) is 2.48. The lowest BCUT2D eigenvalue weighted by atomic mass is 9.94. The van der Waals surface area contributed by atoms with E-state index < -0.39 is 0 Å². The highest BCUT2D eigenvalue weighted by Gasteiger charge is 2.21. The van der Waals surface area contributed by atoms with Gasteiger partial charge < -0.3 is 9.64 Å². The second kappa shape index (κ2) is 6.60. The average molecular weight is 261 g/mol. The smallest absolute Gasteiger partial charge is 0.226 e. The molecule has 3 nitrogen and oxygen atoms in total. The Hall–Kier alpha value is -1.51. The topological polar surface area (TPSA) is 29.5 Å². The Kier molecular flexibility index (Phi) is 4.83. The fourth-order valence-electron chi connectivity index (χ4n) is 2.71. The number of rotatable bonds is 4. The van der Waals surface area contributed by atoms with Crippen LogP contribution in [0.2, 0.25) is 0 Å². The molecule has 2 rings (SSSR count). The highest BCUT2D eigenvalue weighted by Crippen LogP contribution is 2.22. The van der Waals surface area contributed by atoms with E-state index in [4.69, 9.17) is 4.74 Å². The van der Waals surface area contributed by atoms with E-state index in [0.29, 0.717) is 12.5 Å². The van der Waals surface area contributed by atoms with Crippen molar-refractivity contribution in [2.45, 2.75) is 44.6 Å². The van der Waals surface area contributed by atoms with Crippen molar-refractivity contribution in [1.29, 1.82) is 0 Å². The fourth-order valence-corrected chi connectivity index (χ4v) is 2.71. The van der Waals surface area contributed by atoms with Crippen molar-refractivity contribution in [3.05, 3.63) is 29.8 Å². The van der Waals surface area contributed by atoms with E-state index in [-0.39, 0.29) is 5.91 Å². The van der Waals surface area contributed by atoms with Gasteiger partial charge in [0.05, 0.1) is 13.5 Å². The van der Waals surface area contributed by atoms with Crippen molar-refractivity contribution in [2.75, 3.05) is 14.2 Å². The van der Waals surface area contributed by atoms with Crippen LogP contribution in [0, 0.1) is 0 Å². The lowest BCUT2D eigenvalue weighted by molar-refractivity contribution is -0.131. The number of carbonyl (C=O) groups is 1. The zero-order chi connectivity index (χ0) is 13.7. The Balaban J connectivity index is 1.91. The summed E-state index contributed by atoms with van der Waals surface area (Å²) in [6, 6.07) is 8.18. The van der Waals surface area contributed by atoms with Gasteiger partial charge in [0.15, 0.2) is 0 Å². The van der Waals surface area contributed by atoms with Crippen molar-refractivity contribution < 1.29 is 9.53 Å². The van der Waals surface area contributed by atoms with Crippen LogP contribution in [-0.2, 0) is 11.2 Å². The van der Waals surface area contributed by atoms with E-state index >= 15 is 0 Å². The van der Waals surface area contributed by atoms with Gasteiger partial charge in [0, 0.05) is 13.1 Å².